The van der Waals surface area contributed by atoms with Crippen LogP contribution in [0.1, 0.15) is 0 Å². The highest BCUT2D eigenvalue weighted by Gasteiger charge is 2.53. The van der Waals surface area contributed by atoms with Gasteiger partial charge in [0.05, 0.1) is 0 Å². The number of rotatable bonds is 3. The molecule has 0 saturated carbocycles. The Morgan fingerprint density at radius 3 is 0.750 bits per heavy atom. The topological polar surface area (TPSA) is 64.8 Å². The first-order valence-corrected chi connectivity index (χ1v) is 9.08. The van der Waals surface area contributed by atoms with E-state index in [1.54, 1.807) is 13.5 Å². The van der Waals surface area contributed by atoms with Crippen molar-refractivity contribution in [2.45, 2.75) is 19.1 Å². The minimum absolute atomic E-state index is 1.55. The zero-order chi connectivity index (χ0) is 19.2. The van der Waals surface area contributed by atoms with Gasteiger partial charge in [0.15, 0.2) is 0 Å². The molecule has 0 aromatic rings. The summed E-state index contributed by atoms with van der Waals surface area (Å²) in [6.45, 7) is 0. The molecule has 0 spiro atoms. The van der Waals surface area contributed by atoms with Crippen LogP contribution in [0.3, 0.4) is 0 Å². The minimum atomic E-state index is -6.77. The normalized spacial score (nSPS) is 35.0. The number of nitrogens with zero attached hydrogens (tertiary/aromatic N) is 3. The Balaban J connectivity index is 3.57. The molecular formula is C3F12N3O3P3. The lowest BCUT2D eigenvalue weighted by atomic mass is 11.4. The molecule has 0 amide bonds. The van der Waals surface area contributed by atoms with Gasteiger partial charge in [-0.25, -0.2) is 13.6 Å². The Morgan fingerprint density at radius 1 is 0.458 bits per heavy atom. The Labute approximate surface area is 123 Å². The van der Waals surface area contributed by atoms with E-state index < -0.39 is 42.3 Å². The molecule has 0 saturated heterocycles. The van der Waals surface area contributed by atoms with Gasteiger partial charge in [-0.1, -0.05) is 0 Å². The van der Waals surface area contributed by atoms with Crippen molar-refractivity contribution in [2.75, 3.05) is 0 Å². The van der Waals surface area contributed by atoms with Crippen molar-refractivity contribution >= 4 is 23.2 Å². The monoisotopic (exact) mass is 447 g/mol. The molecule has 0 radical (unpaired) electrons. The van der Waals surface area contributed by atoms with E-state index in [2.05, 4.69) is 13.6 Å². The van der Waals surface area contributed by atoms with Gasteiger partial charge in [0.25, 0.3) is 0 Å². The van der Waals surface area contributed by atoms with E-state index in [1.807, 2.05) is 0 Å². The highest BCUT2D eigenvalue weighted by atomic mass is 31.3. The SMILES string of the molecule is FC(F)(F)OP1(F)=NP(F)(OC(F)(F)F)=NP(F)(OC(F)(F)F)=N1. The zero-order valence-corrected chi connectivity index (χ0v) is 12.6. The van der Waals surface area contributed by atoms with Crippen LogP contribution < -0.4 is 0 Å². The third-order valence-corrected chi connectivity index (χ3v) is 7.93. The molecule has 0 aliphatic carbocycles. The second-order valence-electron chi connectivity index (χ2n) is 3.30. The summed E-state index contributed by atoms with van der Waals surface area (Å²) in [5.41, 5.74) is 0. The van der Waals surface area contributed by atoms with Crippen LogP contribution in [-0.4, -0.2) is 19.1 Å². The van der Waals surface area contributed by atoms with Crippen molar-refractivity contribution in [3.8, 4) is 0 Å². The Bertz CT molecular complexity index is 554. The molecule has 0 fully saturated rings. The Morgan fingerprint density at radius 2 is 0.625 bits per heavy atom. The second-order valence-corrected chi connectivity index (χ2v) is 8.83. The van der Waals surface area contributed by atoms with Crippen molar-refractivity contribution in [1.29, 1.82) is 0 Å². The maximum Gasteiger partial charge on any atom is 0.530 e. The smallest absolute Gasteiger partial charge is 0.207 e. The van der Waals surface area contributed by atoms with Crippen molar-refractivity contribution in [3.63, 3.8) is 0 Å². The van der Waals surface area contributed by atoms with Gasteiger partial charge in [0.2, 0.25) is 0 Å². The molecule has 1 aliphatic rings. The predicted molar refractivity (Wildman–Crippen MR) is 52.8 cm³/mol. The average Bonchev–Trinajstić information content (AvgIpc) is 1.98. The van der Waals surface area contributed by atoms with Crippen molar-refractivity contribution in [3.05, 3.63) is 0 Å². The van der Waals surface area contributed by atoms with Crippen molar-refractivity contribution < 1.29 is 65.7 Å². The lowest BCUT2D eigenvalue weighted by Crippen LogP contribution is -2.13. The van der Waals surface area contributed by atoms with E-state index >= 15 is 0 Å². The zero-order valence-electron chi connectivity index (χ0n) is 9.94. The molecular weight excluding hydrogens is 447 g/mol. The van der Waals surface area contributed by atoms with Gasteiger partial charge in [0.1, 0.15) is 0 Å². The standard InChI is InChI=1S/C3F12N3O3P3/c4-1(5,6)19-22(13)16-23(14,20-2(7,8)9)18-24(15,17-22)21-3(10,11)12. The van der Waals surface area contributed by atoms with Crippen LogP contribution in [0.5, 0.6) is 0 Å². The molecule has 1 heterocycles. The third kappa shape index (κ3) is 7.31. The van der Waals surface area contributed by atoms with Gasteiger partial charge in [-0.3, -0.25) is 0 Å². The molecule has 0 aromatic heterocycles. The Kier molecular flexibility index (Phi) is 5.59. The van der Waals surface area contributed by atoms with E-state index in [9.17, 15) is 52.1 Å². The number of alkyl halides is 9. The highest BCUT2D eigenvalue weighted by molar-refractivity contribution is 7.77. The lowest BCUT2D eigenvalue weighted by Gasteiger charge is -2.24. The first-order valence-electron chi connectivity index (χ1n) is 4.57. The summed E-state index contributed by atoms with van der Waals surface area (Å²) in [5, 5.41) is 0. The van der Waals surface area contributed by atoms with Crippen molar-refractivity contribution in [2.24, 2.45) is 13.5 Å². The summed E-state index contributed by atoms with van der Waals surface area (Å²) in [5.74, 6) is 0. The minimum Gasteiger partial charge on any atom is -0.207 e. The highest BCUT2D eigenvalue weighted by Crippen LogP contribution is 2.83. The second kappa shape index (κ2) is 6.16. The van der Waals surface area contributed by atoms with Gasteiger partial charge in [-0.15, -0.1) is 53.1 Å². The molecule has 0 bridgehead atoms. The lowest BCUT2D eigenvalue weighted by molar-refractivity contribution is -0.275. The summed E-state index contributed by atoms with van der Waals surface area (Å²) in [4.78, 5) is 0. The molecule has 6 nitrogen and oxygen atoms in total. The molecule has 21 heteroatoms. The fourth-order valence-corrected chi connectivity index (χ4v) is 7.29. The van der Waals surface area contributed by atoms with Gasteiger partial charge >= 0.3 is 42.3 Å². The fourth-order valence-electron chi connectivity index (χ4n) is 0.967. The van der Waals surface area contributed by atoms with Gasteiger partial charge < -0.3 is 0 Å². The first-order chi connectivity index (χ1) is 10.2. The maximum atomic E-state index is 13.7. The summed E-state index contributed by atoms with van der Waals surface area (Å²) in [7, 11) is -20.3. The van der Waals surface area contributed by atoms with E-state index in [1.165, 1.54) is 0 Å². The molecule has 0 N–H and O–H groups in total. The maximum absolute atomic E-state index is 13.7. The summed E-state index contributed by atoms with van der Waals surface area (Å²) >= 11 is 0. The summed E-state index contributed by atoms with van der Waals surface area (Å²) in [6.07, 6.45) is -18.3. The Hall–Kier alpha value is -0.270. The molecule has 0 aromatic carbocycles. The van der Waals surface area contributed by atoms with E-state index in [-0.39, 0.29) is 0 Å². The first kappa shape index (κ1) is 21.8. The predicted octanol–water partition coefficient (Wildman–Crippen LogP) is 7.36. The summed E-state index contributed by atoms with van der Waals surface area (Å²) in [6, 6.07) is 0. The number of hydrogen-bond acceptors (Lipinski definition) is 6. The van der Waals surface area contributed by atoms with Gasteiger partial charge in [-0.05, 0) is 0 Å². The molecule has 1 rings (SSSR count). The van der Waals surface area contributed by atoms with Gasteiger partial charge in [-0.2, -0.15) is 12.6 Å². The van der Waals surface area contributed by atoms with Gasteiger partial charge in [0, 0.05) is 0 Å². The molecule has 24 heavy (non-hydrogen) atoms. The van der Waals surface area contributed by atoms with Crippen LogP contribution in [0, 0.1) is 0 Å². The van der Waals surface area contributed by atoms with Crippen LogP contribution in [0.4, 0.5) is 52.1 Å². The molecule has 0 atom stereocenters. The quantitative estimate of drug-likeness (QED) is 0.336. The summed E-state index contributed by atoms with van der Waals surface area (Å²) < 4.78 is 160. The third-order valence-electron chi connectivity index (χ3n) is 1.32. The van der Waals surface area contributed by atoms with Crippen LogP contribution in [0.15, 0.2) is 13.5 Å². The van der Waals surface area contributed by atoms with Crippen LogP contribution >= 0.6 is 23.2 Å². The number of hydrogen-bond donors (Lipinski definition) is 0. The van der Waals surface area contributed by atoms with Crippen molar-refractivity contribution in [1.82, 2.24) is 0 Å². The number of halogens is 12. The van der Waals surface area contributed by atoms with Crippen LogP contribution in [-0.2, 0) is 13.6 Å². The van der Waals surface area contributed by atoms with Crippen LogP contribution in [0.2, 0.25) is 0 Å². The van der Waals surface area contributed by atoms with Crippen LogP contribution in [0.25, 0.3) is 0 Å². The average molecular weight is 447 g/mol. The molecule has 1 aliphatic heterocycles. The van der Waals surface area contributed by atoms with E-state index in [0.717, 1.165) is 0 Å². The largest absolute Gasteiger partial charge is 0.530 e. The van der Waals surface area contributed by atoms with E-state index in [0.29, 0.717) is 0 Å². The molecule has 144 valence electrons. The fraction of sp³-hybridized carbons (Fsp3) is 1.00. The van der Waals surface area contributed by atoms with E-state index in [4.69, 9.17) is 0 Å². The molecule has 0 unspecified atom stereocenters.